The molecule has 2 aromatic rings. The molecule has 3 rings (SSSR count). The van der Waals surface area contributed by atoms with Gasteiger partial charge in [-0.05, 0) is 31.0 Å². The van der Waals surface area contributed by atoms with Gasteiger partial charge >= 0.3 is 0 Å². The molecule has 0 atom stereocenters. The second-order valence-electron chi connectivity index (χ2n) is 7.04. The number of anilines is 1. The zero-order valence-electron chi connectivity index (χ0n) is 16.2. The van der Waals surface area contributed by atoms with Gasteiger partial charge < -0.3 is 5.32 Å². The first-order chi connectivity index (χ1) is 14.3. The molecule has 0 bridgehead atoms. The molecule has 0 amide bonds. The lowest BCUT2D eigenvalue weighted by Gasteiger charge is -2.20. The van der Waals surface area contributed by atoms with E-state index in [2.05, 4.69) is 5.32 Å². The third-order valence-electron chi connectivity index (χ3n) is 4.96. The fourth-order valence-electron chi connectivity index (χ4n) is 3.30. The Morgan fingerprint density at radius 2 is 1.80 bits per heavy atom. The number of nitrogens with one attached hydrogen (secondary N) is 1. The van der Waals surface area contributed by atoms with Gasteiger partial charge in [0.1, 0.15) is 0 Å². The van der Waals surface area contributed by atoms with Crippen molar-refractivity contribution in [2.45, 2.75) is 30.6 Å². The SMILES string of the molecule is O=C(CNc1ccc([N+](=O)[O-])cc1Cl)c1cccc(S(=O)(=O)N2CCCCCC2)c1. The summed E-state index contributed by atoms with van der Waals surface area (Å²) in [5, 5.41) is 13.7. The number of Topliss-reactive ketones (excluding diaryl/α,β-unsaturated/α-hetero) is 1. The molecule has 0 aliphatic carbocycles. The molecule has 30 heavy (non-hydrogen) atoms. The van der Waals surface area contributed by atoms with Crippen molar-refractivity contribution in [2.75, 3.05) is 25.0 Å². The van der Waals surface area contributed by atoms with E-state index in [9.17, 15) is 23.3 Å². The van der Waals surface area contributed by atoms with Gasteiger partial charge in [-0.15, -0.1) is 0 Å². The topological polar surface area (TPSA) is 110 Å². The quantitative estimate of drug-likeness (QED) is 0.385. The van der Waals surface area contributed by atoms with Crippen molar-refractivity contribution in [1.82, 2.24) is 4.31 Å². The lowest BCUT2D eigenvalue weighted by atomic mass is 10.1. The third kappa shape index (κ3) is 5.16. The van der Waals surface area contributed by atoms with Gasteiger partial charge in [0.15, 0.2) is 5.78 Å². The van der Waals surface area contributed by atoms with Crippen molar-refractivity contribution in [2.24, 2.45) is 0 Å². The van der Waals surface area contributed by atoms with Crippen molar-refractivity contribution in [3.63, 3.8) is 0 Å². The van der Waals surface area contributed by atoms with Gasteiger partial charge in [-0.2, -0.15) is 4.31 Å². The molecule has 0 unspecified atom stereocenters. The molecule has 160 valence electrons. The number of ketones is 1. The number of hydrogen-bond donors (Lipinski definition) is 1. The van der Waals surface area contributed by atoms with E-state index in [1.165, 1.54) is 34.6 Å². The Morgan fingerprint density at radius 3 is 2.43 bits per heavy atom. The second kappa shape index (κ2) is 9.55. The molecule has 1 fully saturated rings. The highest BCUT2D eigenvalue weighted by Crippen LogP contribution is 2.27. The van der Waals surface area contributed by atoms with Crippen LogP contribution in [0.5, 0.6) is 0 Å². The minimum Gasteiger partial charge on any atom is -0.376 e. The van der Waals surface area contributed by atoms with E-state index >= 15 is 0 Å². The first-order valence-electron chi connectivity index (χ1n) is 9.60. The summed E-state index contributed by atoms with van der Waals surface area (Å²) < 4.78 is 27.4. The number of non-ortho nitro benzene ring substituents is 1. The molecule has 10 heteroatoms. The van der Waals surface area contributed by atoms with Crippen LogP contribution in [0.15, 0.2) is 47.4 Å². The van der Waals surface area contributed by atoms with Gasteiger partial charge in [0.25, 0.3) is 5.69 Å². The number of halogens is 1. The Labute approximate surface area is 180 Å². The highest BCUT2D eigenvalue weighted by Gasteiger charge is 2.25. The number of benzene rings is 2. The Hall–Kier alpha value is -2.49. The highest BCUT2D eigenvalue weighted by atomic mass is 35.5. The summed E-state index contributed by atoms with van der Waals surface area (Å²) in [6.45, 7) is 0.839. The molecular weight excluding hydrogens is 430 g/mol. The molecule has 1 N–H and O–H groups in total. The lowest BCUT2D eigenvalue weighted by molar-refractivity contribution is -0.384. The van der Waals surface area contributed by atoms with Gasteiger partial charge in [0.2, 0.25) is 10.0 Å². The molecular formula is C20H22ClN3O5S. The summed E-state index contributed by atoms with van der Waals surface area (Å²) >= 11 is 6.02. The van der Waals surface area contributed by atoms with Crippen LogP contribution in [0.25, 0.3) is 0 Å². The number of nitrogens with zero attached hydrogens (tertiary/aromatic N) is 2. The molecule has 1 heterocycles. The van der Waals surface area contributed by atoms with Crippen LogP contribution in [0, 0.1) is 10.1 Å². The van der Waals surface area contributed by atoms with Crippen molar-refractivity contribution in [1.29, 1.82) is 0 Å². The van der Waals surface area contributed by atoms with Crippen LogP contribution in [0.1, 0.15) is 36.0 Å². The van der Waals surface area contributed by atoms with Gasteiger partial charge in [0, 0.05) is 30.8 Å². The molecule has 0 radical (unpaired) electrons. The molecule has 1 aliphatic rings. The summed E-state index contributed by atoms with van der Waals surface area (Å²) in [5.74, 6) is -0.322. The van der Waals surface area contributed by atoms with Gasteiger partial charge in [-0.1, -0.05) is 36.6 Å². The van der Waals surface area contributed by atoms with Crippen LogP contribution < -0.4 is 5.32 Å². The third-order valence-corrected chi connectivity index (χ3v) is 7.17. The maximum absolute atomic E-state index is 13.0. The van der Waals surface area contributed by atoms with Crippen LogP contribution in [0.2, 0.25) is 5.02 Å². The van der Waals surface area contributed by atoms with E-state index in [0.29, 0.717) is 18.8 Å². The van der Waals surface area contributed by atoms with Gasteiger partial charge in [0.05, 0.1) is 27.1 Å². The molecule has 8 nitrogen and oxygen atoms in total. The fourth-order valence-corrected chi connectivity index (χ4v) is 5.10. The Bertz CT molecular complexity index is 1050. The van der Waals surface area contributed by atoms with E-state index < -0.39 is 14.9 Å². The smallest absolute Gasteiger partial charge is 0.271 e. The first kappa shape index (κ1) is 22.2. The fraction of sp³-hybridized carbons (Fsp3) is 0.350. The summed E-state index contributed by atoms with van der Waals surface area (Å²) in [6, 6.07) is 9.91. The summed E-state index contributed by atoms with van der Waals surface area (Å²) in [4.78, 5) is 22.9. The highest BCUT2D eigenvalue weighted by molar-refractivity contribution is 7.89. The predicted molar refractivity (Wildman–Crippen MR) is 115 cm³/mol. The molecule has 0 spiro atoms. The normalized spacial score (nSPS) is 15.4. The Balaban J connectivity index is 1.72. The zero-order valence-corrected chi connectivity index (χ0v) is 17.8. The van der Waals surface area contributed by atoms with Crippen molar-refractivity contribution < 1.29 is 18.1 Å². The van der Waals surface area contributed by atoms with Crippen LogP contribution in [0.3, 0.4) is 0 Å². The Kier molecular flexibility index (Phi) is 7.06. The largest absolute Gasteiger partial charge is 0.376 e. The first-order valence-corrected chi connectivity index (χ1v) is 11.4. The monoisotopic (exact) mass is 451 g/mol. The van der Waals surface area contributed by atoms with Crippen molar-refractivity contribution in [3.05, 3.63) is 63.2 Å². The molecule has 1 aliphatic heterocycles. The molecule has 1 saturated heterocycles. The lowest BCUT2D eigenvalue weighted by Crippen LogP contribution is -2.32. The molecule has 2 aromatic carbocycles. The summed E-state index contributed by atoms with van der Waals surface area (Å²) in [6.07, 6.45) is 3.69. The zero-order chi connectivity index (χ0) is 21.7. The summed E-state index contributed by atoms with van der Waals surface area (Å²) in [7, 11) is -3.65. The number of nitro groups is 1. The number of carbonyl (C=O) groups excluding carboxylic acids is 1. The maximum atomic E-state index is 13.0. The number of rotatable bonds is 7. The minimum atomic E-state index is -3.65. The van der Waals surface area contributed by atoms with E-state index in [-0.39, 0.29) is 33.5 Å². The number of nitro benzene ring substituents is 1. The van der Waals surface area contributed by atoms with Gasteiger partial charge in [-0.3, -0.25) is 14.9 Å². The average molecular weight is 452 g/mol. The average Bonchev–Trinajstić information content (AvgIpc) is 3.03. The van der Waals surface area contributed by atoms with Crippen LogP contribution in [-0.2, 0) is 10.0 Å². The van der Waals surface area contributed by atoms with Crippen molar-refractivity contribution in [3.8, 4) is 0 Å². The number of hydrogen-bond acceptors (Lipinski definition) is 6. The second-order valence-corrected chi connectivity index (χ2v) is 9.39. The van der Waals surface area contributed by atoms with E-state index in [4.69, 9.17) is 11.6 Å². The van der Waals surface area contributed by atoms with Gasteiger partial charge in [-0.25, -0.2) is 8.42 Å². The maximum Gasteiger partial charge on any atom is 0.271 e. The van der Waals surface area contributed by atoms with Crippen LogP contribution in [0.4, 0.5) is 11.4 Å². The van der Waals surface area contributed by atoms with Crippen LogP contribution >= 0.6 is 11.6 Å². The van der Waals surface area contributed by atoms with Crippen molar-refractivity contribution >= 4 is 38.8 Å². The number of carbonyl (C=O) groups is 1. The standard InChI is InChI=1S/C20H22ClN3O5S/c21-18-13-16(24(26)27)8-9-19(18)22-14-20(25)15-6-5-7-17(12-15)30(28,29)23-10-3-1-2-4-11-23/h5-9,12-13,22H,1-4,10-11,14H2. The van der Waals surface area contributed by atoms with E-state index in [1.807, 2.05) is 0 Å². The van der Waals surface area contributed by atoms with E-state index in [1.54, 1.807) is 12.1 Å². The van der Waals surface area contributed by atoms with Crippen LogP contribution in [-0.4, -0.2) is 43.1 Å². The minimum absolute atomic E-state index is 0.101. The molecule has 0 aromatic heterocycles. The Morgan fingerprint density at radius 1 is 1.10 bits per heavy atom. The predicted octanol–water partition coefficient (Wildman–Crippen LogP) is 4.11. The van der Waals surface area contributed by atoms with E-state index in [0.717, 1.165) is 25.7 Å². The number of sulfonamides is 1. The molecule has 0 saturated carbocycles. The summed E-state index contributed by atoms with van der Waals surface area (Å²) in [5.41, 5.74) is 0.490.